The molecule has 1 heteroatoms. The van der Waals surface area contributed by atoms with Crippen molar-refractivity contribution in [3.63, 3.8) is 0 Å². The molecule has 0 fully saturated rings. The van der Waals surface area contributed by atoms with Crippen molar-refractivity contribution in [1.29, 1.82) is 5.41 Å². The van der Waals surface area contributed by atoms with Gasteiger partial charge in [0.1, 0.15) is 0 Å². The average molecular weight is 137 g/mol. The molecule has 0 saturated heterocycles. The van der Waals surface area contributed by atoms with Crippen molar-refractivity contribution in [2.45, 2.75) is 26.7 Å². The van der Waals surface area contributed by atoms with Gasteiger partial charge in [-0.05, 0) is 25.7 Å². The van der Waals surface area contributed by atoms with Crippen molar-refractivity contribution in [3.05, 3.63) is 12.2 Å². The standard InChI is InChI=1S/C9H15N/c1-7-5-3-4-6-9(7)8(2)10/h3,5,7,9-10H,4,6H2,1-2H3. The molecule has 0 spiro atoms. The smallest absolute Gasteiger partial charge is 0.00949 e. The molecule has 1 aliphatic rings. The molecule has 0 aromatic heterocycles. The Balaban J connectivity index is 2.60. The first-order chi connectivity index (χ1) is 4.72. The van der Waals surface area contributed by atoms with Crippen molar-refractivity contribution >= 4 is 5.71 Å². The van der Waals surface area contributed by atoms with Crippen molar-refractivity contribution in [1.82, 2.24) is 0 Å². The van der Waals surface area contributed by atoms with E-state index in [1.165, 1.54) is 6.42 Å². The minimum Gasteiger partial charge on any atom is -0.310 e. The molecule has 1 rings (SSSR count). The van der Waals surface area contributed by atoms with E-state index in [9.17, 15) is 0 Å². The van der Waals surface area contributed by atoms with Crippen LogP contribution >= 0.6 is 0 Å². The highest BCUT2D eigenvalue weighted by atomic mass is 14.4. The molecular formula is C9H15N. The van der Waals surface area contributed by atoms with Crippen LogP contribution in [-0.4, -0.2) is 5.71 Å². The highest BCUT2D eigenvalue weighted by molar-refractivity contribution is 5.81. The largest absolute Gasteiger partial charge is 0.310 e. The van der Waals surface area contributed by atoms with E-state index in [0.29, 0.717) is 11.8 Å². The van der Waals surface area contributed by atoms with Crippen LogP contribution in [0.5, 0.6) is 0 Å². The second kappa shape index (κ2) is 3.00. The Morgan fingerprint density at radius 3 is 2.70 bits per heavy atom. The van der Waals surface area contributed by atoms with Crippen molar-refractivity contribution in [2.24, 2.45) is 11.8 Å². The molecule has 0 aromatic carbocycles. The van der Waals surface area contributed by atoms with Crippen LogP contribution in [0.25, 0.3) is 0 Å². The number of nitrogens with one attached hydrogen (secondary N) is 1. The SMILES string of the molecule is CC(=N)C1CCC=CC1C. The maximum absolute atomic E-state index is 7.49. The predicted molar refractivity (Wildman–Crippen MR) is 44.4 cm³/mol. The number of rotatable bonds is 1. The quantitative estimate of drug-likeness (QED) is 0.424. The summed E-state index contributed by atoms with van der Waals surface area (Å²) in [4.78, 5) is 0. The minimum atomic E-state index is 0.519. The zero-order valence-electron chi connectivity index (χ0n) is 6.72. The van der Waals surface area contributed by atoms with Gasteiger partial charge in [0.15, 0.2) is 0 Å². The third-order valence-electron chi connectivity index (χ3n) is 2.27. The van der Waals surface area contributed by atoms with E-state index in [1.54, 1.807) is 0 Å². The normalized spacial score (nSPS) is 32.2. The van der Waals surface area contributed by atoms with E-state index >= 15 is 0 Å². The van der Waals surface area contributed by atoms with Crippen molar-refractivity contribution < 1.29 is 0 Å². The molecule has 1 N–H and O–H groups in total. The molecule has 0 radical (unpaired) electrons. The molecule has 0 aromatic rings. The third kappa shape index (κ3) is 1.47. The van der Waals surface area contributed by atoms with Gasteiger partial charge in [0.25, 0.3) is 0 Å². The topological polar surface area (TPSA) is 23.9 Å². The number of hydrogen-bond donors (Lipinski definition) is 1. The Labute approximate surface area is 62.6 Å². The van der Waals surface area contributed by atoms with E-state index in [-0.39, 0.29) is 0 Å². The summed E-state index contributed by atoms with van der Waals surface area (Å²) in [6.07, 6.45) is 6.79. The lowest BCUT2D eigenvalue weighted by Gasteiger charge is -2.23. The van der Waals surface area contributed by atoms with E-state index in [4.69, 9.17) is 5.41 Å². The van der Waals surface area contributed by atoms with Gasteiger partial charge in [0, 0.05) is 11.6 Å². The first kappa shape index (κ1) is 7.52. The lowest BCUT2D eigenvalue weighted by Crippen LogP contribution is -2.19. The summed E-state index contributed by atoms with van der Waals surface area (Å²) < 4.78 is 0. The van der Waals surface area contributed by atoms with Crippen LogP contribution in [0.3, 0.4) is 0 Å². The summed E-state index contributed by atoms with van der Waals surface area (Å²) in [6.45, 7) is 4.11. The van der Waals surface area contributed by atoms with E-state index in [0.717, 1.165) is 12.1 Å². The van der Waals surface area contributed by atoms with Crippen LogP contribution in [0, 0.1) is 17.2 Å². The Morgan fingerprint density at radius 1 is 1.60 bits per heavy atom. The average Bonchev–Trinajstić information content (AvgIpc) is 1.88. The lowest BCUT2D eigenvalue weighted by atomic mass is 9.82. The molecule has 0 amide bonds. The third-order valence-corrected chi connectivity index (χ3v) is 2.27. The van der Waals surface area contributed by atoms with Gasteiger partial charge >= 0.3 is 0 Å². The van der Waals surface area contributed by atoms with Gasteiger partial charge in [-0.3, -0.25) is 0 Å². The zero-order chi connectivity index (χ0) is 7.56. The first-order valence-corrected chi connectivity index (χ1v) is 3.93. The number of allylic oxidation sites excluding steroid dienone is 2. The Hall–Kier alpha value is -0.590. The molecule has 1 nitrogen and oxygen atoms in total. The maximum atomic E-state index is 7.49. The summed E-state index contributed by atoms with van der Waals surface area (Å²) in [6, 6.07) is 0. The Kier molecular flexibility index (Phi) is 2.25. The summed E-state index contributed by atoms with van der Waals surface area (Å²) in [5, 5.41) is 7.49. The number of hydrogen-bond acceptors (Lipinski definition) is 1. The molecule has 10 heavy (non-hydrogen) atoms. The van der Waals surface area contributed by atoms with Gasteiger partial charge in [-0.2, -0.15) is 0 Å². The molecule has 0 saturated carbocycles. The van der Waals surface area contributed by atoms with Crippen LogP contribution in [-0.2, 0) is 0 Å². The first-order valence-electron chi connectivity index (χ1n) is 3.93. The fourth-order valence-corrected chi connectivity index (χ4v) is 1.59. The minimum absolute atomic E-state index is 0.519. The molecule has 2 unspecified atom stereocenters. The van der Waals surface area contributed by atoms with Gasteiger partial charge in [-0.25, -0.2) is 0 Å². The van der Waals surface area contributed by atoms with Gasteiger partial charge in [0.05, 0.1) is 0 Å². The van der Waals surface area contributed by atoms with Gasteiger partial charge in [0.2, 0.25) is 0 Å². The monoisotopic (exact) mass is 137 g/mol. The highest BCUT2D eigenvalue weighted by Gasteiger charge is 2.18. The molecular weight excluding hydrogens is 122 g/mol. The van der Waals surface area contributed by atoms with Gasteiger partial charge in [-0.15, -0.1) is 0 Å². The summed E-state index contributed by atoms with van der Waals surface area (Å²) in [5.74, 6) is 1.11. The van der Waals surface area contributed by atoms with Crippen LogP contribution in [0.4, 0.5) is 0 Å². The molecule has 0 aliphatic heterocycles. The molecule has 0 heterocycles. The Morgan fingerprint density at radius 2 is 2.30 bits per heavy atom. The summed E-state index contributed by atoms with van der Waals surface area (Å²) >= 11 is 0. The second-order valence-electron chi connectivity index (χ2n) is 3.15. The maximum Gasteiger partial charge on any atom is 0.00949 e. The van der Waals surface area contributed by atoms with Crippen molar-refractivity contribution in [2.75, 3.05) is 0 Å². The van der Waals surface area contributed by atoms with Crippen molar-refractivity contribution in [3.8, 4) is 0 Å². The van der Waals surface area contributed by atoms with Crippen LogP contribution < -0.4 is 0 Å². The Bertz CT molecular complexity index is 158. The lowest BCUT2D eigenvalue weighted by molar-refractivity contribution is 0.484. The van der Waals surface area contributed by atoms with Gasteiger partial charge < -0.3 is 5.41 Å². The fraction of sp³-hybridized carbons (Fsp3) is 0.667. The fourth-order valence-electron chi connectivity index (χ4n) is 1.59. The van der Waals surface area contributed by atoms with E-state index < -0.39 is 0 Å². The van der Waals surface area contributed by atoms with Crippen LogP contribution in [0.2, 0.25) is 0 Å². The van der Waals surface area contributed by atoms with Gasteiger partial charge in [-0.1, -0.05) is 19.1 Å². The summed E-state index contributed by atoms with van der Waals surface area (Å²) in [7, 11) is 0. The molecule has 1 aliphatic carbocycles. The molecule has 56 valence electrons. The van der Waals surface area contributed by atoms with E-state index in [1.807, 2.05) is 6.92 Å². The molecule has 0 bridgehead atoms. The van der Waals surface area contributed by atoms with Crippen LogP contribution in [0.15, 0.2) is 12.2 Å². The van der Waals surface area contributed by atoms with E-state index in [2.05, 4.69) is 19.1 Å². The van der Waals surface area contributed by atoms with Crippen LogP contribution in [0.1, 0.15) is 26.7 Å². The zero-order valence-corrected chi connectivity index (χ0v) is 6.72. The predicted octanol–water partition coefficient (Wildman–Crippen LogP) is 2.63. The highest BCUT2D eigenvalue weighted by Crippen LogP contribution is 2.24. The summed E-state index contributed by atoms with van der Waals surface area (Å²) in [5.41, 5.74) is 0.844. The molecule has 2 atom stereocenters. The second-order valence-corrected chi connectivity index (χ2v) is 3.15.